The van der Waals surface area contributed by atoms with E-state index in [-0.39, 0.29) is 6.10 Å². The summed E-state index contributed by atoms with van der Waals surface area (Å²) in [6.45, 7) is 4.89. The van der Waals surface area contributed by atoms with Gasteiger partial charge in [0.25, 0.3) is 0 Å². The average Bonchev–Trinajstić information content (AvgIpc) is 2.20. The zero-order valence-corrected chi connectivity index (χ0v) is 8.60. The molecule has 0 amide bonds. The molecule has 0 aromatic carbocycles. The smallest absolute Gasteiger partial charge is 0.141 e. The van der Waals surface area contributed by atoms with Crippen LogP contribution in [0.3, 0.4) is 0 Å². The number of nitrogens with zero attached hydrogens (tertiary/aromatic N) is 1. The fourth-order valence-corrected chi connectivity index (χ4v) is 1.99. The van der Waals surface area contributed by atoms with Gasteiger partial charge in [-0.2, -0.15) is 0 Å². The fraction of sp³-hybridized carbons (Fsp3) is 0.545. The summed E-state index contributed by atoms with van der Waals surface area (Å²) >= 11 is 0. The number of fused-ring (bicyclic) bond motifs is 1. The molecule has 3 atom stereocenters. The monoisotopic (exact) mass is 192 g/mol. The molecule has 0 saturated carbocycles. The molecule has 0 radical (unpaired) electrons. The first-order valence-electron chi connectivity index (χ1n) is 5.05. The average molecular weight is 192 g/mol. The van der Waals surface area contributed by atoms with E-state index in [2.05, 4.69) is 18.8 Å². The minimum atomic E-state index is 0.222. The number of aromatic nitrogens is 1. The minimum Gasteiger partial charge on any atom is -0.488 e. The van der Waals surface area contributed by atoms with E-state index in [4.69, 9.17) is 10.5 Å². The van der Waals surface area contributed by atoms with Gasteiger partial charge in [0.2, 0.25) is 0 Å². The van der Waals surface area contributed by atoms with Gasteiger partial charge in [-0.05, 0) is 19.1 Å². The predicted molar refractivity (Wildman–Crippen MR) is 55.3 cm³/mol. The van der Waals surface area contributed by atoms with Crippen LogP contribution in [0, 0.1) is 5.92 Å². The summed E-state index contributed by atoms with van der Waals surface area (Å²) in [5.74, 6) is 1.66. The van der Waals surface area contributed by atoms with Gasteiger partial charge in [0.15, 0.2) is 0 Å². The zero-order valence-electron chi connectivity index (χ0n) is 8.60. The van der Waals surface area contributed by atoms with Crippen LogP contribution in [0.4, 0.5) is 0 Å². The van der Waals surface area contributed by atoms with Crippen molar-refractivity contribution in [3.63, 3.8) is 0 Å². The third kappa shape index (κ3) is 1.38. The Kier molecular flexibility index (Phi) is 2.42. The number of rotatable bonds is 1. The molecule has 0 aliphatic carbocycles. The van der Waals surface area contributed by atoms with Crippen molar-refractivity contribution < 1.29 is 4.74 Å². The molecule has 0 fully saturated rings. The number of nitrogens with two attached hydrogens (primary N) is 1. The van der Waals surface area contributed by atoms with Gasteiger partial charge in [-0.3, -0.25) is 4.98 Å². The van der Waals surface area contributed by atoms with Crippen LogP contribution in [0.1, 0.15) is 25.5 Å². The van der Waals surface area contributed by atoms with Gasteiger partial charge in [0, 0.05) is 24.6 Å². The molecule has 1 aliphatic rings. The highest BCUT2D eigenvalue weighted by Gasteiger charge is 2.32. The summed E-state index contributed by atoms with van der Waals surface area (Å²) in [6.07, 6.45) is 2.02. The molecule has 3 nitrogen and oxygen atoms in total. The van der Waals surface area contributed by atoms with Crippen LogP contribution in [-0.4, -0.2) is 17.6 Å². The van der Waals surface area contributed by atoms with E-state index in [9.17, 15) is 0 Å². The molecular formula is C11H16N2O. The normalized spacial score (nSPS) is 30.6. The Hall–Kier alpha value is -1.09. The number of hydrogen-bond acceptors (Lipinski definition) is 3. The first-order valence-corrected chi connectivity index (χ1v) is 5.05. The van der Waals surface area contributed by atoms with Crippen molar-refractivity contribution in [1.29, 1.82) is 0 Å². The highest BCUT2D eigenvalue weighted by Crippen LogP contribution is 2.37. The summed E-state index contributed by atoms with van der Waals surface area (Å²) in [5, 5.41) is 0. The second-order valence-corrected chi connectivity index (χ2v) is 3.91. The Morgan fingerprint density at radius 3 is 3.00 bits per heavy atom. The first kappa shape index (κ1) is 9.46. The van der Waals surface area contributed by atoms with Crippen molar-refractivity contribution in [2.24, 2.45) is 11.7 Å². The van der Waals surface area contributed by atoms with Crippen LogP contribution in [-0.2, 0) is 0 Å². The van der Waals surface area contributed by atoms with E-state index in [1.807, 2.05) is 12.1 Å². The van der Waals surface area contributed by atoms with E-state index >= 15 is 0 Å². The third-order valence-electron chi connectivity index (χ3n) is 3.09. The zero-order chi connectivity index (χ0) is 10.1. The molecule has 76 valence electrons. The van der Waals surface area contributed by atoms with Gasteiger partial charge in [0.1, 0.15) is 5.75 Å². The molecule has 0 spiro atoms. The minimum absolute atomic E-state index is 0.222. The Morgan fingerprint density at radius 1 is 1.50 bits per heavy atom. The second-order valence-electron chi connectivity index (χ2n) is 3.91. The lowest BCUT2D eigenvalue weighted by Gasteiger charge is -2.34. The predicted octanol–water partition coefficient (Wildman–Crippen LogP) is 1.54. The van der Waals surface area contributed by atoms with Crippen LogP contribution in [0.2, 0.25) is 0 Å². The maximum Gasteiger partial charge on any atom is 0.141 e. The molecule has 2 rings (SSSR count). The number of ether oxygens (including phenoxy) is 1. The van der Waals surface area contributed by atoms with Gasteiger partial charge in [0.05, 0.1) is 11.8 Å². The Labute approximate surface area is 84.3 Å². The number of pyridine rings is 1. The highest BCUT2D eigenvalue weighted by atomic mass is 16.5. The van der Waals surface area contributed by atoms with Crippen molar-refractivity contribution in [1.82, 2.24) is 4.98 Å². The summed E-state index contributed by atoms with van der Waals surface area (Å²) in [4.78, 5) is 4.35. The highest BCUT2D eigenvalue weighted by molar-refractivity contribution is 5.33. The molecule has 0 bridgehead atoms. The maximum absolute atomic E-state index is 5.78. The maximum atomic E-state index is 5.78. The van der Waals surface area contributed by atoms with Crippen molar-refractivity contribution in [2.75, 3.05) is 6.54 Å². The van der Waals surface area contributed by atoms with Crippen molar-refractivity contribution >= 4 is 0 Å². The lowest BCUT2D eigenvalue weighted by Crippen LogP contribution is -2.35. The summed E-state index contributed by atoms with van der Waals surface area (Å²) in [6, 6.07) is 3.86. The summed E-state index contributed by atoms with van der Waals surface area (Å²) in [7, 11) is 0. The summed E-state index contributed by atoms with van der Waals surface area (Å²) < 4.78 is 5.76. The van der Waals surface area contributed by atoms with Crippen molar-refractivity contribution in [3.8, 4) is 5.75 Å². The van der Waals surface area contributed by atoms with Crippen molar-refractivity contribution in [2.45, 2.75) is 25.9 Å². The molecule has 14 heavy (non-hydrogen) atoms. The van der Waals surface area contributed by atoms with Crippen LogP contribution >= 0.6 is 0 Å². The Morgan fingerprint density at radius 2 is 2.29 bits per heavy atom. The SMILES string of the molecule is C[C@H]1[C@H](C)Oc2cccnc2[C@H]1CN. The fourth-order valence-electron chi connectivity index (χ4n) is 1.99. The molecule has 1 aromatic heterocycles. The second kappa shape index (κ2) is 3.58. The van der Waals surface area contributed by atoms with Crippen LogP contribution in [0.15, 0.2) is 18.3 Å². The van der Waals surface area contributed by atoms with E-state index < -0.39 is 0 Å². The standard InChI is InChI=1S/C11H16N2O/c1-7-8(2)14-10-4-3-5-13-11(10)9(7)6-12/h3-5,7-9H,6,12H2,1-2H3/t7-,8-,9-/m0/s1. The lowest BCUT2D eigenvalue weighted by molar-refractivity contribution is 0.116. The first-order chi connectivity index (χ1) is 6.74. The molecule has 0 saturated heterocycles. The van der Waals surface area contributed by atoms with Gasteiger partial charge in [-0.15, -0.1) is 0 Å². The van der Waals surface area contributed by atoms with Crippen LogP contribution < -0.4 is 10.5 Å². The van der Waals surface area contributed by atoms with Gasteiger partial charge >= 0.3 is 0 Å². The third-order valence-corrected chi connectivity index (χ3v) is 3.09. The van der Waals surface area contributed by atoms with Crippen LogP contribution in [0.25, 0.3) is 0 Å². The van der Waals surface area contributed by atoms with E-state index in [0.717, 1.165) is 11.4 Å². The van der Waals surface area contributed by atoms with Gasteiger partial charge in [-0.1, -0.05) is 6.92 Å². The van der Waals surface area contributed by atoms with Crippen LogP contribution in [0.5, 0.6) is 5.75 Å². The quantitative estimate of drug-likeness (QED) is 0.734. The Bertz CT molecular complexity index is 327. The van der Waals surface area contributed by atoms with Crippen molar-refractivity contribution in [3.05, 3.63) is 24.0 Å². The molecule has 3 heteroatoms. The molecule has 1 aromatic rings. The van der Waals surface area contributed by atoms with E-state index in [1.165, 1.54) is 0 Å². The largest absolute Gasteiger partial charge is 0.488 e. The molecule has 1 aliphatic heterocycles. The molecule has 2 heterocycles. The van der Waals surface area contributed by atoms with E-state index in [0.29, 0.717) is 18.4 Å². The molecule has 2 N–H and O–H groups in total. The van der Waals surface area contributed by atoms with Gasteiger partial charge < -0.3 is 10.5 Å². The van der Waals surface area contributed by atoms with Gasteiger partial charge in [-0.25, -0.2) is 0 Å². The molecule has 0 unspecified atom stereocenters. The van der Waals surface area contributed by atoms with E-state index in [1.54, 1.807) is 6.20 Å². The number of hydrogen-bond donors (Lipinski definition) is 1. The topological polar surface area (TPSA) is 48.1 Å². The summed E-state index contributed by atoms with van der Waals surface area (Å²) in [5.41, 5.74) is 6.79. The lowest BCUT2D eigenvalue weighted by atomic mass is 9.84. The molecular weight excluding hydrogens is 176 g/mol. The Balaban J connectivity index is 2.42.